The number of anilines is 1. The zero-order valence-electron chi connectivity index (χ0n) is 13.3. The first-order valence-corrected chi connectivity index (χ1v) is 9.46. The van der Waals surface area contributed by atoms with E-state index in [0.717, 1.165) is 27.0 Å². The minimum atomic E-state index is 0.477. The maximum atomic E-state index is 9.48. The molecule has 124 valence electrons. The summed E-state index contributed by atoms with van der Waals surface area (Å²) in [4.78, 5) is 4.59. The summed E-state index contributed by atoms with van der Waals surface area (Å²) in [5, 5.41) is 15.9. The number of allylic oxidation sites excluding steroid dienone is 1. The first kappa shape index (κ1) is 17.7. The summed E-state index contributed by atoms with van der Waals surface area (Å²) in [7, 11) is 0. The van der Waals surface area contributed by atoms with Crippen LogP contribution >= 0.6 is 38.9 Å². The Bertz CT molecular complexity index is 988. The molecule has 0 aliphatic carbocycles. The van der Waals surface area contributed by atoms with Crippen molar-refractivity contribution in [3.8, 4) is 17.3 Å². The smallest absolute Gasteiger partial charge is 0.136 e. The Kier molecular flexibility index (Phi) is 5.54. The maximum absolute atomic E-state index is 9.48. The van der Waals surface area contributed by atoms with E-state index in [1.807, 2.05) is 54.8 Å². The van der Waals surface area contributed by atoms with Crippen LogP contribution in [-0.2, 0) is 0 Å². The lowest BCUT2D eigenvalue weighted by Crippen LogP contribution is -1.93. The van der Waals surface area contributed by atoms with Crippen molar-refractivity contribution < 1.29 is 0 Å². The van der Waals surface area contributed by atoms with Gasteiger partial charge in [-0.1, -0.05) is 45.7 Å². The molecular weight excluding hydrogens is 418 g/mol. The Balaban J connectivity index is 1.87. The minimum absolute atomic E-state index is 0.477. The monoisotopic (exact) mass is 429 g/mol. The van der Waals surface area contributed by atoms with E-state index in [9.17, 15) is 5.26 Å². The maximum Gasteiger partial charge on any atom is 0.136 e. The van der Waals surface area contributed by atoms with Crippen LogP contribution in [-0.4, -0.2) is 4.98 Å². The van der Waals surface area contributed by atoms with Crippen LogP contribution in [0.4, 0.5) is 5.69 Å². The molecule has 0 spiro atoms. The fourth-order valence-electron chi connectivity index (χ4n) is 2.22. The summed E-state index contributed by atoms with van der Waals surface area (Å²) in [6, 6.07) is 15.7. The zero-order chi connectivity index (χ0) is 17.8. The normalized spacial score (nSPS) is 11.2. The van der Waals surface area contributed by atoms with E-state index >= 15 is 0 Å². The van der Waals surface area contributed by atoms with Gasteiger partial charge in [0, 0.05) is 32.3 Å². The third-order valence-electron chi connectivity index (χ3n) is 3.55. The van der Waals surface area contributed by atoms with Crippen LogP contribution in [0, 0.1) is 18.3 Å². The highest BCUT2D eigenvalue weighted by atomic mass is 79.9. The minimum Gasteiger partial charge on any atom is -0.360 e. The standard InChI is InChI=1S/C19H13BrClN3S/c1-12-5-6-16(21)8-17(12)23-10-14(9-22)19-24-18(11-25-19)13-3-2-4-15(20)7-13/h2-8,10-11,23H,1H3. The summed E-state index contributed by atoms with van der Waals surface area (Å²) in [5.74, 6) is 0. The third-order valence-corrected chi connectivity index (χ3v) is 5.15. The van der Waals surface area contributed by atoms with Gasteiger partial charge in [-0.25, -0.2) is 4.98 Å². The highest BCUT2D eigenvalue weighted by Gasteiger charge is 2.09. The molecule has 2 aromatic carbocycles. The van der Waals surface area contributed by atoms with Crippen molar-refractivity contribution in [3.05, 3.63) is 74.1 Å². The highest BCUT2D eigenvalue weighted by Crippen LogP contribution is 2.28. The van der Waals surface area contributed by atoms with Gasteiger partial charge in [-0.2, -0.15) is 5.26 Å². The van der Waals surface area contributed by atoms with Gasteiger partial charge >= 0.3 is 0 Å². The average molecular weight is 431 g/mol. The fourth-order valence-corrected chi connectivity index (χ4v) is 3.59. The van der Waals surface area contributed by atoms with Crippen molar-refractivity contribution in [1.82, 2.24) is 4.98 Å². The molecule has 0 unspecified atom stereocenters. The van der Waals surface area contributed by atoms with Crippen LogP contribution in [0.15, 0.2) is 58.5 Å². The zero-order valence-corrected chi connectivity index (χ0v) is 16.4. The predicted molar refractivity (Wildman–Crippen MR) is 109 cm³/mol. The molecule has 0 saturated carbocycles. The number of halogens is 2. The molecule has 0 radical (unpaired) electrons. The van der Waals surface area contributed by atoms with E-state index in [4.69, 9.17) is 11.6 Å². The van der Waals surface area contributed by atoms with Gasteiger partial charge in [-0.15, -0.1) is 11.3 Å². The van der Waals surface area contributed by atoms with E-state index in [2.05, 4.69) is 32.3 Å². The fraction of sp³-hybridized carbons (Fsp3) is 0.0526. The van der Waals surface area contributed by atoms with E-state index in [0.29, 0.717) is 15.6 Å². The van der Waals surface area contributed by atoms with Crippen LogP contribution in [0.5, 0.6) is 0 Å². The number of aryl methyl sites for hydroxylation is 1. The number of thiazole rings is 1. The van der Waals surface area contributed by atoms with E-state index in [-0.39, 0.29) is 0 Å². The van der Waals surface area contributed by atoms with Crippen LogP contribution in [0.1, 0.15) is 10.6 Å². The third kappa shape index (κ3) is 4.29. The Labute approximate surface area is 163 Å². The molecule has 3 aromatic rings. The molecule has 0 saturated heterocycles. The number of nitriles is 1. The largest absolute Gasteiger partial charge is 0.360 e. The number of hydrogen-bond donors (Lipinski definition) is 1. The number of nitrogens with zero attached hydrogens (tertiary/aromatic N) is 2. The molecule has 1 N–H and O–H groups in total. The van der Waals surface area contributed by atoms with Gasteiger partial charge in [0.15, 0.2) is 0 Å². The van der Waals surface area contributed by atoms with E-state index in [1.54, 1.807) is 6.20 Å². The molecule has 3 rings (SSSR count). The lowest BCUT2D eigenvalue weighted by molar-refractivity contribution is 1.36. The molecule has 1 aromatic heterocycles. The second-order valence-electron chi connectivity index (χ2n) is 5.32. The molecule has 25 heavy (non-hydrogen) atoms. The van der Waals surface area contributed by atoms with Gasteiger partial charge in [0.25, 0.3) is 0 Å². The first-order chi connectivity index (χ1) is 12.1. The second-order valence-corrected chi connectivity index (χ2v) is 7.53. The number of benzene rings is 2. The van der Waals surface area contributed by atoms with Crippen LogP contribution in [0.25, 0.3) is 16.8 Å². The molecule has 0 aliphatic heterocycles. The van der Waals surface area contributed by atoms with E-state index in [1.165, 1.54) is 11.3 Å². The van der Waals surface area contributed by atoms with Gasteiger partial charge in [0.1, 0.15) is 16.6 Å². The molecule has 6 heteroatoms. The van der Waals surface area contributed by atoms with Gasteiger partial charge in [-0.3, -0.25) is 0 Å². The van der Waals surface area contributed by atoms with Crippen molar-refractivity contribution in [2.75, 3.05) is 5.32 Å². The molecule has 0 aliphatic rings. The van der Waals surface area contributed by atoms with Crippen molar-refractivity contribution in [2.45, 2.75) is 6.92 Å². The average Bonchev–Trinajstić information content (AvgIpc) is 3.08. The molecule has 1 heterocycles. The Hall–Kier alpha value is -2.13. The summed E-state index contributed by atoms with van der Waals surface area (Å²) in [6.07, 6.45) is 1.67. The topological polar surface area (TPSA) is 48.7 Å². The SMILES string of the molecule is Cc1ccc(Cl)cc1NC=C(C#N)c1nc(-c2cccc(Br)c2)cs1. The van der Waals surface area contributed by atoms with Crippen LogP contribution < -0.4 is 5.32 Å². The molecule has 3 nitrogen and oxygen atoms in total. The lowest BCUT2D eigenvalue weighted by Gasteiger charge is -2.06. The number of hydrogen-bond acceptors (Lipinski definition) is 4. The molecule has 0 bridgehead atoms. The summed E-state index contributed by atoms with van der Waals surface area (Å²) < 4.78 is 0.994. The molecule has 0 amide bonds. The summed E-state index contributed by atoms with van der Waals surface area (Å²) in [5.41, 5.74) is 4.25. The Morgan fingerprint density at radius 3 is 2.92 bits per heavy atom. The first-order valence-electron chi connectivity index (χ1n) is 7.41. The van der Waals surface area contributed by atoms with Gasteiger partial charge in [-0.05, 0) is 36.8 Å². The second kappa shape index (κ2) is 7.83. The van der Waals surface area contributed by atoms with Crippen molar-refractivity contribution in [1.29, 1.82) is 5.26 Å². The predicted octanol–water partition coefficient (Wildman–Crippen LogP) is 6.51. The van der Waals surface area contributed by atoms with Gasteiger partial charge in [0.2, 0.25) is 0 Å². The summed E-state index contributed by atoms with van der Waals surface area (Å²) in [6.45, 7) is 1.98. The lowest BCUT2D eigenvalue weighted by atomic mass is 10.2. The molecule has 0 fully saturated rings. The van der Waals surface area contributed by atoms with E-state index < -0.39 is 0 Å². The summed E-state index contributed by atoms with van der Waals surface area (Å²) >= 11 is 10.9. The quantitative estimate of drug-likeness (QED) is 0.480. The van der Waals surface area contributed by atoms with Crippen molar-refractivity contribution in [3.63, 3.8) is 0 Å². The van der Waals surface area contributed by atoms with Crippen LogP contribution in [0.3, 0.4) is 0 Å². The van der Waals surface area contributed by atoms with Crippen molar-refractivity contribution in [2.24, 2.45) is 0 Å². The van der Waals surface area contributed by atoms with Gasteiger partial charge < -0.3 is 5.32 Å². The van der Waals surface area contributed by atoms with Gasteiger partial charge in [0.05, 0.1) is 5.69 Å². The highest BCUT2D eigenvalue weighted by molar-refractivity contribution is 9.10. The number of nitrogens with one attached hydrogen (secondary N) is 1. The molecule has 0 atom stereocenters. The Morgan fingerprint density at radius 1 is 1.32 bits per heavy atom. The number of aromatic nitrogens is 1. The van der Waals surface area contributed by atoms with Crippen molar-refractivity contribution >= 4 is 50.1 Å². The number of rotatable bonds is 4. The Morgan fingerprint density at radius 2 is 2.16 bits per heavy atom. The molecular formula is C19H13BrClN3S. The van der Waals surface area contributed by atoms with Crippen LogP contribution in [0.2, 0.25) is 5.02 Å².